The number of ether oxygens (including phenoxy) is 3. The number of pyridine rings is 1. The largest absolute Gasteiger partial charge is 0.479 e. The van der Waals surface area contributed by atoms with Crippen molar-refractivity contribution in [1.29, 1.82) is 0 Å². The van der Waals surface area contributed by atoms with Gasteiger partial charge in [-0.25, -0.2) is 23.0 Å². The van der Waals surface area contributed by atoms with Gasteiger partial charge in [-0.3, -0.25) is 29.0 Å². The molecule has 2 amide bonds. The summed E-state index contributed by atoms with van der Waals surface area (Å²) >= 11 is 26.6. The van der Waals surface area contributed by atoms with Crippen LogP contribution in [0, 0.1) is 13.8 Å². The van der Waals surface area contributed by atoms with Crippen LogP contribution >= 0.6 is 69.1 Å². The van der Waals surface area contributed by atoms with Crippen molar-refractivity contribution in [2.24, 2.45) is 0 Å². The topological polar surface area (TPSA) is 344 Å². The Balaban J connectivity index is 0.000000165. The van der Waals surface area contributed by atoms with Gasteiger partial charge in [-0.2, -0.15) is 9.52 Å². The van der Waals surface area contributed by atoms with Crippen LogP contribution in [0.2, 0.25) is 10.0 Å². The van der Waals surface area contributed by atoms with Crippen LogP contribution in [0.5, 0.6) is 0 Å². The fourth-order valence-corrected chi connectivity index (χ4v) is 14.7. The summed E-state index contributed by atoms with van der Waals surface area (Å²) in [5.74, 6) is 0.0737. The third-order valence-electron chi connectivity index (χ3n) is 16.0. The van der Waals surface area contributed by atoms with Crippen molar-refractivity contribution in [3.63, 3.8) is 0 Å². The summed E-state index contributed by atoms with van der Waals surface area (Å²) in [6, 6.07) is 46.2. The zero-order chi connectivity index (χ0) is 78.2. The molecule has 2 unspecified atom stereocenters. The number of methoxy groups -OCH3 is 1. The number of esters is 2. The molecule has 2 aliphatic heterocycles. The third kappa shape index (κ3) is 22.5. The van der Waals surface area contributed by atoms with Crippen LogP contribution in [0.4, 0.5) is 10.7 Å². The van der Waals surface area contributed by atoms with Crippen LogP contribution in [-0.4, -0.2) is 116 Å². The van der Waals surface area contributed by atoms with Crippen LogP contribution < -0.4 is 21.1 Å². The molecule has 2 atom stereocenters. The number of rotatable bonds is 18. The average molecular weight is 1600 g/mol. The minimum Gasteiger partial charge on any atom is -0.479 e. The van der Waals surface area contributed by atoms with E-state index in [1.165, 1.54) is 55.4 Å². The van der Waals surface area contributed by atoms with Crippen LogP contribution in [0.25, 0.3) is 44.1 Å². The van der Waals surface area contributed by atoms with E-state index in [1.807, 2.05) is 116 Å². The summed E-state index contributed by atoms with van der Waals surface area (Å²) < 4.78 is 43.0. The third-order valence-corrected chi connectivity index (χ3v) is 21.3. The van der Waals surface area contributed by atoms with Gasteiger partial charge in [0.05, 0.1) is 63.3 Å². The monoisotopic (exact) mass is 1600 g/mol. The van der Waals surface area contributed by atoms with Crippen molar-refractivity contribution < 1.29 is 56.2 Å². The normalized spacial score (nSPS) is 13.7. The van der Waals surface area contributed by atoms with Crippen LogP contribution in [0.3, 0.4) is 0 Å². The number of nitrogens with two attached hydrogens (primary N) is 1. The predicted octanol–water partition coefficient (Wildman–Crippen LogP) is 16.5. The lowest BCUT2D eigenvalue weighted by atomic mass is 10.1. The molecule has 8 heterocycles. The predicted molar refractivity (Wildman–Crippen MR) is 422 cm³/mol. The smallest absolute Gasteiger partial charge is 0.355 e. The van der Waals surface area contributed by atoms with Crippen LogP contribution in [-0.2, 0) is 40.4 Å². The summed E-state index contributed by atoms with van der Waals surface area (Å²) in [7, 11) is -2.64. The van der Waals surface area contributed by atoms with Gasteiger partial charge in [0.1, 0.15) is 49.6 Å². The quantitative estimate of drug-likeness (QED) is 0.0343. The molecule has 562 valence electrons. The van der Waals surface area contributed by atoms with Crippen molar-refractivity contribution >= 4 is 142 Å². The number of thiophene rings is 2. The molecule has 0 spiro atoms. The second-order valence-corrected chi connectivity index (χ2v) is 28.8. The molecule has 1 saturated heterocycles. The summed E-state index contributed by atoms with van der Waals surface area (Å²) in [6.07, 6.45) is 5.90. The number of nitrogen functional groups attached to an aromatic ring is 1. The van der Waals surface area contributed by atoms with Gasteiger partial charge in [-0.1, -0.05) is 163 Å². The highest BCUT2D eigenvalue weighted by molar-refractivity contribution is 7.89. The molecule has 13 rings (SSSR count). The van der Waals surface area contributed by atoms with Gasteiger partial charge in [0.25, 0.3) is 5.91 Å². The number of carbonyl (C=O) groups is 7. The number of Topliss-reactive ketones (excluding diaryl/α,β-unsaturated/α-hetero) is 3. The Hall–Kier alpha value is -10.5. The average Bonchev–Trinajstić information content (AvgIpc) is 1.62. The number of aromatic nitrogens is 8. The van der Waals surface area contributed by atoms with E-state index < -0.39 is 28.0 Å². The van der Waals surface area contributed by atoms with Crippen molar-refractivity contribution in [2.75, 3.05) is 31.3 Å². The van der Waals surface area contributed by atoms with Crippen molar-refractivity contribution in [1.82, 2.24) is 50.2 Å². The maximum atomic E-state index is 12.7. The Kier molecular flexibility index (Phi) is 30.7. The summed E-state index contributed by atoms with van der Waals surface area (Å²) in [5, 5.41) is 22.4. The summed E-state index contributed by atoms with van der Waals surface area (Å²) in [6.45, 7) is 14.5. The SMILES string of the molecule is C=C1OC(c2ccccc2)C(Cl)=C1Cl.CC(=O)c1cc(-c2ccccc2)sc1N.CC(=O)c1cnc(-c2ccccc2)[nH]1.CCC(=O)CCn1nnc(-c2cccc(Cl)c2Cl)n1.CCOC(=O)c1[nH]c(C)c(S(=O)(=O)NC2CCCCNC2=O)c1C.COC(=O)c1sccc1NC(=O)c1ccc2ncccc2c1. The van der Waals surface area contributed by atoms with Gasteiger partial charge in [0.2, 0.25) is 21.8 Å². The number of allylic oxidation sites excluding steroid dienone is 1. The molecule has 0 saturated carbocycles. The number of aryl methyl sites for hydroxylation is 2. The molecule has 0 radical (unpaired) electrons. The van der Waals surface area contributed by atoms with Crippen molar-refractivity contribution in [2.45, 2.75) is 97.2 Å². The number of aromatic amines is 2. The van der Waals surface area contributed by atoms with E-state index in [9.17, 15) is 42.0 Å². The number of sulfonamides is 1. The van der Waals surface area contributed by atoms with Gasteiger partial charge in [0.15, 0.2) is 17.7 Å². The van der Waals surface area contributed by atoms with E-state index in [-0.39, 0.29) is 58.0 Å². The molecule has 5 aromatic carbocycles. The number of carbonyl (C=O) groups excluding carboxylic acids is 7. The minimum atomic E-state index is -3.95. The molecule has 0 bridgehead atoms. The molecular weight excluding hydrogens is 1520 g/mol. The number of hydrogen-bond acceptors (Lipinski definition) is 20. The van der Waals surface area contributed by atoms with E-state index in [1.54, 1.807) is 74.1 Å². The molecule has 7 N–H and O–H groups in total. The molecule has 6 aromatic heterocycles. The van der Waals surface area contributed by atoms with Crippen molar-refractivity contribution in [3.8, 4) is 33.2 Å². The van der Waals surface area contributed by atoms with Gasteiger partial charge in [-0.15, -0.1) is 32.9 Å². The second-order valence-electron chi connectivity index (χ2n) is 23.6. The van der Waals surface area contributed by atoms with Gasteiger partial charge >= 0.3 is 11.9 Å². The number of imidazole rings is 1. The Labute approximate surface area is 651 Å². The highest BCUT2D eigenvalue weighted by Gasteiger charge is 2.33. The number of nitrogens with zero attached hydrogens (tertiary/aromatic N) is 6. The Morgan fingerprint density at radius 2 is 1.50 bits per heavy atom. The molecule has 11 aromatic rings. The minimum absolute atomic E-state index is 0.000295. The maximum absolute atomic E-state index is 12.7. The highest BCUT2D eigenvalue weighted by atomic mass is 35.5. The number of anilines is 2. The molecule has 0 aliphatic carbocycles. The molecule has 108 heavy (non-hydrogen) atoms. The van der Waals surface area contributed by atoms with E-state index in [4.69, 9.17) is 66.3 Å². The molecular formula is C77H76Cl4N12O12S3. The zero-order valence-corrected chi connectivity index (χ0v) is 65.1. The molecule has 1 fully saturated rings. The Morgan fingerprint density at radius 1 is 0.806 bits per heavy atom. The summed E-state index contributed by atoms with van der Waals surface area (Å²) in [4.78, 5) is 98.2. The number of tetrazole rings is 1. The number of ketones is 3. The number of H-pyrrole nitrogens is 2. The molecule has 31 heteroatoms. The fraction of sp³-hybridized carbons (Fsp3) is 0.221. The number of amides is 2. The first kappa shape index (κ1) is 83.2. The van der Waals surface area contributed by atoms with E-state index >= 15 is 0 Å². The highest BCUT2D eigenvalue weighted by Crippen LogP contribution is 2.43. The van der Waals surface area contributed by atoms with E-state index in [0.717, 1.165) is 51.1 Å². The number of halogens is 4. The van der Waals surface area contributed by atoms with Gasteiger partial charge < -0.3 is 40.5 Å². The van der Waals surface area contributed by atoms with E-state index in [0.29, 0.717) is 108 Å². The fourth-order valence-electron chi connectivity index (χ4n) is 10.4. The number of benzene rings is 5. The second kappa shape index (κ2) is 39.9. The van der Waals surface area contributed by atoms with Crippen LogP contribution in [0.15, 0.2) is 197 Å². The lowest BCUT2D eigenvalue weighted by Crippen LogP contribution is -2.45. The maximum Gasteiger partial charge on any atom is 0.355 e. The first-order chi connectivity index (χ1) is 51.7. The Morgan fingerprint density at radius 3 is 2.13 bits per heavy atom. The molecule has 2 aliphatic rings. The van der Waals surface area contributed by atoms with Crippen molar-refractivity contribution in [3.05, 3.63) is 246 Å². The van der Waals surface area contributed by atoms with E-state index in [2.05, 4.69) is 57.3 Å². The first-order valence-electron chi connectivity index (χ1n) is 33.5. The standard InChI is InChI=1S/C16H12N2O3S.C15H23N3O5S.C12H12Cl2N4O.C12H11NOS.C11H8Cl2O.C11H10N2O/c1-21-16(20)14-13(6-8-22-14)18-15(19)11-4-5-12-10(9-11)3-2-7-17-12;1-4-23-15(20)12-9(2)13(10(3)17-12)24(21,22)18-11-7-5-6-8-16-14(11)19;1-2-8(19)6-7-18-16-12(15-17-18)9-4-3-5-10(13)11(9)14;1-8(14)10-7-11(15-12(10)13)9-5-3-2-4-6-9;1-7-9(12)10(13)11(14-7)8-5-3-2-4-6-8;1-8(14)10-7-12-11(13-10)9-5-3-2-4-6-9/h2-9H,1H3,(H,18,19);11,17-18H,4-8H2,1-3H3,(H,16,19);3-5H,2,6-7H2,1H3;2-7H,13H2,1H3;2-6,11H,1H2;2-7H,1H3,(H,12,13). The first-order valence-corrected chi connectivity index (χ1v) is 38.2. The number of hydrogen-bond donors (Lipinski definition) is 6. The Bertz CT molecular complexity index is 5160. The summed E-state index contributed by atoms with van der Waals surface area (Å²) in [5.41, 5.74) is 13.1. The zero-order valence-electron chi connectivity index (χ0n) is 59.6. The molecule has 24 nitrogen and oxygen atoms in total. The van der Waals surface area contributed by atoms with Gasteiger partial charge in [-0.05, 0) is 117 Å². The lowest BCUT2D eigenvalue weighted by Gasteiger charge is -2.16. The number of nitrogens with one attached hydrogen (secondary N) is 5. The van der Waals surface area contributed by atoms with Gasteiger partial charge in [0, 0.05) is 70.7 Å². The van der Waals surface area contributed by atoms with Crippen LogP contribution in [0.1, 0.15) is 134 Å². The lowest BCUT2D eigenvalue weighted by molar-refractivity contribution is -0.122. The number of fused-ring (bicyclic) bond motifs is 1.